The van der Waals surface area contributed by atoms with Crippen LogP contribution < -0.4 is 5.32 Å². The minimum absolute atomic E-state index is 0.880. The molecule has 0 amide bonds. The summed E-state index contributed by atoms with van der Waals surface area (Å²) in [5.74, 6) is 0. The molecule has 1 saturated heterocycles. The quantitative estimate of drug-likeness (QED) is 0.832. The first-order valence-electron chi connectivity index (χ1n) is 7.78. The number of hydrogen-bond donors (Lipinski definition) is 1. The molecule has 5 heteroatoms. The van der Waals surface area contributed by atoms with E-state index in [0.717, 1.165) is 31.0 Å². The van der Waals surface area contributed by atoms with Crippen molar-refractivity contribution in [1.29, 1.82) is 0 Å². The molecule has 5 nitrogen and oxygen atoms in total. The van der Waals surface area contributed by atoms with Crippen LogP contribution in [0.1, 0.15) is 11.4 Å². The van der Waals surface area contributed by atoms with Crippen molar-refractivity contribution in [2.75, 3.05) is 46.3 Å². The molecule has 21 heavy (non-hydrogen) atoms. The van der Waals surface area contributed by atoms with E-state index in [2.05, 4.69) is 56.8 Å². The average Bonchev–Trinajstić information content (AvgIpc) is 2.81. The van der Waals surface area contributed by atoms with E-state index in [1.165, 1.54) is 31.9 Å². The number of fused-ring (bicyclic) bond motifs is 1. The number of imidazole rings is 1. The number of hydrogen-bond acceptors (Lipinski definition) is 4. The fourth-order valence-corrected chi connectivity index (χ4v) is 2.89. The van der Waals surface area contributed by atoms with E-state index in [9.17, 15) is 0 Å². The Kier molecular flexibility index (Phi) is 4.53. The average molecular weight is 287 g/mol. The Balaban J connectivity index is 1.49. The molecule has 0 aliphatic carbocycles. The highest BCUT2D eigenvalue weighted by molar-refractivity contribution is 5.42. The largest absolute Gasteiger partial charge is 0.310 e. The smallest absolute Gasteiger partial charge is 0.137 e. The van der Waals surface area contributed by atoms with Crippen LogP contribution in [0.3, 0.4) is 0 Å². The summed E-state index contributed by atoms with van der Waals surface area (Å²) in [6, 6.07) is 6.15. The molecule has 2 aromatic rings. The number of pyridine rings is 1. The van der Waals surface area contributed by atoms with E-state index < -0.39 is 0 Å². The van der Waals surface area contributed by atoms with Gasteiger partial charge in [0.2, 0.25) is 0 Å². The van der Waals surface area contributed by atoms with Crippen molar-refractivity contribution < 1.29 is 0 Å². The minimum atomic E-state index is 0.880. The van der Waals surface area contributed by atoms with Gasteiger partial charge in [-0.2, -0.15) is 0 Å². The Hall–Kier alpha value is -1.43. The molecule has 3 rings (SSSR count). The Labute approximate surface area is 126 Å². The fraction of sp³-hybridized carbons (Fsp3) is 0.562. The van der Waals surface area contributed by atoms with Crippen LogP contribution in [0.4, 0.5) is 0 Å². The van der Waals surface area contributed by atoms with Gasteiger partial charge in [-0.25, -0.2) is 4.98 Å². The van der Waals surface area contributed by atoms with Gasteiger partial charge in [-0.1, -0.05) is 6.07 Å². The van der Waals surface area contributed by atoms with Crippen LogP contribution in [0.2, 0.25) is 0 Å². The Bertz CT molecular complexity index is 583. The minimum Gasteiger partial charge on any atom is -0.310 e. The lowest BCUT2D eigenvalue weighted by Crippen LogP contribution is -2.46. The zero-order valence-corrected chi connectivity index (χ0v) is 13.0. The second-order valence-corrected chi connectivity index (χ2v) is 5.89. The zero-order chi connectivity index (χ0) is 14.7. The molecule has 0 bridgehead atoms. The number of rotatable bonds is 5. The number of likely N-dealkylation sites (N-methyl/N-ethyl adjacent to an activating group) is 1. The molecule has 0 aromatic carbocycles. The molecule has 1 N–H and O–H groups in total. The van der Waals surface area contributed by atoms with Crippen molar-refractivity contribution >= 4 is 5.65 Å². The van der Waals surface area contributed by atoms with Crippen molar-refractivity contribution in [1.82, 2.24) is 24.5 Å². The lowest BCUT2D eigenvalue weighted by molar-refractivity contribution is 0.154. The summed E-state index contributed by atoms with van der Waals surface area (Å²) in [6.45, 7) is 9.88. The lowest BCUT2D eigenvalue weighted by atomic mass is 10.3. The number of nitrogens with one attached hydrogen (secondary N) is 1. The van der Waals surface area contributed by atoms with Crippen LogP contribution in [0.5, 0.6) is 0 Å². The van der Waals surface area contributed by atoms with Crippen molar-refractivity contribution in [3.8, 4) is 0 Å². The molecule has 0 radical (unpaired) electrons. The van der Waals surface area contributed by atoms with Crippen molar-refractivity contribution in [2.45, 2.75) is 13.5 Å². The summed E-state index contributed by atoms with van der Waals surface area (Å²) in [5.41, 5.74) is 3.42. The van der Waals surface area contributed by atoms with E-state index in [4.69, 9.17) is 0 Å². The van der Waals surface area contributed by atoms with E-state index >= 15 is 0 Å². The molecular weight excluding hydrogens is 262 g/mol. The van der Waals surface area contributed by atoms with Crippen molar-refractivity contribution in [3.05, 3.63) is 35.8 Å². The first-order chi connectivity index (χ1) is 10.2. The summed E-state index contributed by atoms with van der Waals surface area (Å²) >= 11 is 0. The summed E-state index contributed by atoms with van der Waals surface area (Å²) in [5, 5.41) is 3.56. The highest BCUT2D eigenvalue weighted by Gasteiger charge is 2.13. The third-order valence-corrected chi connectivity index (χ3v) is 4.32. The van der Waals surface area contributed by atoms with Crippen LogP contribution in [0, 0.1) is 6.92 Å². The monoisotopic (exact) mass is 287 g/mol. The highest BCUT2D eigenvalue weighted by atomic mass is 15.2. The third kappa shape index (κ3) is 3.43. The maximum Gasteiger partial charge on any atom is 0.137 e. The number of nitrogens with zero attached hydrogens (tertiary/aromatic N) is 4. The summed E-state index contributed by atoms with van der Waals surface area (Å²) in [4.78, 5) is 9.53. The Morgan fingerprint density at radius 3 is 2.81 bits per heavy atom. The molecule has 0 atom stereocenters. The predicted octanol–water partition coefficient (Wildman–Crippen LogP) is 0.980. The van der Waals surface area contributed by atoms with Gasteiger partial charge in [0.25, 0.3) is 0 Å². The molecule has 1 aliphatic rings. The van der Waals surface area contributed by atoms with E-state index in [0.29, 0.717) is 0 Å². The maximum absolute atomic E-state index is 4.60. The van der Waals surface area contributed by atoms with Crippen molar-refractivity contribution in [3.63, 3.8) is 0 Å². The molecule has 0 unspecified atom stereocenters. The molecule has 114 valence electrons. The summed E-state index contributed by atoms with van der Waals surface area (Å²) < 4.78 is 2.18. The summed E-state index contributed by atoms with van der Waals surface area (Å²) in [7, 11) is 2.20. The van der Waals surface area contributed by atoms with Gasteiger partial charge in [0.15, 0.2) is 0 Å². The third-order valence-electron chi connectivity index (χ3n) is 4.32. The number of aromatic nitrogens is 2. The van der Waals surface area contributed by atoms with Gasteiger partial charge in [0.05, 0.1) is 11.4 Å². The van der Waals surface area contributed by atoms with Crippen LogP contribution >= 0.6 is 0 Å². The number of aryl methyl sites for hydroxylation is 1. The molecule has 1 fully saturated rings. The highest BCUT2D eigenvalue weighted by Crippen LogP contribution is 2.11. The molecule has 3 heterocycles. The van der Waals surface area contributed by atoms with E-state index in [-0.39, 0.29) is 0 Å². The van der Waals surface area contributed by atoms with Crippen LogP contribution in [-0.4, -0.2) is 65.5 Å². The predicted molar refractivity (Wildman–Crippen MR) is 85.6 cm³/mol. The van der Waals surface area contributed by atoms with Gasteiger partial charge < -0.3 is 14.6 Å². The van der Waals surface area contributed by atoms with Gasteiger partial charge in [0, 0.05) is 52.0 Å². The normalized spacial score (nSPS) is 17.6. The van der Waals surface area contributed by atoms with Gasteiger partial charge in [0.1, 0.15) is 5.65 Å². The molecular formula is C16H25N5. The van der Waals surface area contributed by atoms with Gasteiger partial charge >= 0.3 is 0 Å². The van der Waals surface area contributed by atoms with Gasteiger partial charge in [-0.15, -0.1) is 0 Å². The topological polar surface area (TPSA) is 35.8 Å². The van der Waals surface area contributed by atoms with Gasteiger partial charge in [-0.3, -0.25) is 4.90 Å². The Morgan fingerprint density at radius 2 is 2.00 bits per heavy atom. The SMILES string of the molecule is Cc1nc2ccccn2c1CNCCN1CCN(C)CC1. The van der Waals surface area contributed by atoms with Crippen LogP contribution in [0.25, 0.3) is 5.65 Å². The Morgan fingerprint density at radius 1 is 1.19 bits per heavy atom. The molecule has 0 saturated carbocycles. The first kappa shape index (κ1) is 14.5. The summed E-state index contributed by atoms with van der Waals surface area (Å²) in [6.07, 6.45) is 2.09. The number of piperazine rings is 1. The first-order valence-corrected chi connectivity index (χ1v) is 7.78. The van der Waals surface area contributed by atoms with E-state index in [1.54, 1.807) is 0 Å². The molecule has 1 aliphatic heterocycles. The standard InChI is InChI=1S/C16H25N5/c1-14-15(21-7-4-3-5-16(21)18-14)13-17-6-8-20-11-9-19(2)10-12-20/h3-5,7,17H,6,8-13H2,1-2H3. The maximum atomic E-state index is 4.60. The van der Waals surface area contributed by atoms with Crippen LogP contribution in [0.15, 0.2) is 24.4 Å². The zero-order valence-electron chi connectivity index (χ0n) is 13.0. The van der Waals surface area contributed by atoms with Crippen LogP contribution in [-0.2, 0) is 6.54 Å². The fourth-order valence-electron chi connectivity index (χ4n) is 2.89. The second kappa shape index (κ2) is 6.56. The lowest BCUT2D eigenvalue weighted by Gasteiger charge is -2.32. The second-order valence-electron chi connectivity index (χ2n) is 5.89. The molecule has 2 aromatic heterocycles. The van der Waals surface area contributed by atoms with Crippen molar-refractivity contribution in [2.24, 2.45) is 0 Å². The molecule has 0 spiro atoms. The van der Waals surface area contributed by atoms with Gasteiger partial charge in [-0.05, 0) is 26.1 Å². The van der Waals surface area contributed by atoms with E-state index in [1.807, 2.05) is 6.07 Å².